The maximum absolute atomic E-state index is 14.4. The van der Waals surface area contributed by atoms with Crippen molar-refractivity contribution in [2.24, 2.45) is 7.05 Å². The molecule has 0 radical (unpaired) electrons. The summed E-state index contributed by atoms with van der Waals surface area (Å²) in [6, 6.07) is 15.1. The van der Waals surface area contributed by atoms with Crippen LogP contribution >= 0.6 is 0 Å². The van der Waals surface area contributed by atoms with Crippen LogP contribution in [0, 0.1) is 22.7 Å². The number of carbonyl (C=O) groups excluding carboxylic acids is 1. The van der Waals surface area contributed by atoms with Crippen molar-refractivity contribution in [1.29, 1.82) is 10.5 Å². The van der Waals surface area contributed by atoms with Gasteiger partial charge in [0.2, 0.25) is 0 Å². The van der Waals surface area contributed by atoms with E-state index in [1.54, 1.807) is 41.9 Å². The molecule has 0 bridgehead atoms. The van der Waals surface area contributed by atoms with Gasteiger partial charge in [-0.3, -0.25) is 9.69 Å². The largest absolute Gasteiger partial charge is 0.416 e. The highest BCUT2D eigenvalue weighted by atomic mass is 19.4. The minimum absolute atomic E-state index is 0.0568. The SMILES string of the molecule is COCC(C)(C)NCc1cc2c(c(C(F)(F)F)c1)CN(c1cc(-c3cc(C#N)ccc3-c3nncn3C)cc(NCCC#N)n1)C2=O. The molecule has 3 heterocycles. The fourth-order valence-corrected chi connectivity index (χ4v) is 5.48. The lowest BCUT2D eigenvalue weighted by Gasteiger charge is -2.25. The Balaban J connectivity index is 1.61. The van der Waals surface area contributed by atoms with Crippen LogP contribution in [0.5, 0.6) is 0 Å². The van der Waals surface area contributed by atoms with Crippen LogP contribution in [0.4, 0.5) is 24.8 Å². The molecule has 1 amide bonds. The Morgan fingerprint density at radius 1 is 1.06 bits per heavy atom. The van der Waals surface area contributed by atoms with Crippen LogP contribution in [-0.4, -0.2) is 51.5 Å². The molecule has 47 heavy (non-hydrogen) atoms. The first-order valence-corrected chi connectivity index (χ1v) is 14.7. The summed E-state index contributed by atoms with van der Waals surface area (Å²) >= 11 is 0. The number of carbonyl (C=O) groups is 1. The third-order valence-corrected chi connectivity index (χ3v) is 7.73. The number of amides is 1. The Kier molecular flexibility index (Phi) is 9.28. The van der Waals surface area contributed by atoms with Crippen molar-refractivity contribution in [3.8, 4) is 34.7 Å². The second kappa shape index (κ2) is 13.2. The smallest absolute Gasteiger partial charge is 0.383 e. The average Bonchev–Trinajstić information content (AvgIpc) is 3.61. The predicted octanol–water partition coefficient (Wildman–Crippen LogP) is 5.44. The average molecular weight is 644 g/mol. The topological polar surface area (TPSA) is 145 Å². The molecule has 0 atom stereocenters. The number of aromatic nitrogens is 4. The number of hydrogen-bond acceptors (Lipinski definition) is 9. The molecule has 11 nitrogen and oxygen atoms in total. The van der Waals surface area contributed by atoms with Gasteiger partial charge in [0.15, 0.2) is 5.82 Å². The van der Waals surface area contributed by atoms with E-state index in [1.807, 2.05) is 19.9 Å². The van der Waals surface area contributed by atoms with E-state index in [0.717, 1.165) is 6.07 Å². The molecule has 0 saturated carbocycles. The number of ether oxygens (including phenoxy) is 1. The Bertz CT molecular complexity index is 1900. The molecule has 0 saturated heterocycles. The van der Waals surface area contributed by atoms with Crippen molar-refractivity contribution >= 4 is 17.5 Å². The van der Waals surface area contributed by atoms with E-state index < -0.39 is 23.2 Å². The number of nitriles is 2. The first kappa shape index (κ1) is 33.1. The van der Waals surface area contributed by atoms with Crippen LogP contribution in [0.25, 0.3) is 22.5 Å². The summed E-state index contributed by atoms with van der Waals surface area (Å²) in [5, 5.41) is 33.2. The number of halogens is 3. The molecule has 0 fully saturated rings. The lowest BCUT2D eigenvalue weighted by atomic mass is 9.97. The molecular weight excluding hydrogens is 611 g/mol. The maximum atomic E-state index is 14.4. The molecule has 1 aliphatic heterocycles. The first-order chi connectivity index (χ1) is 22.3. The van der Waals surface area contributed by atoms with E-state index in [-0.39, 0.29) is 43.0 Å². The zero-order chi connectivity index (χ0) is 33.9. The van der Waals surface area contributed by atoms with Crippen LogP contribution in [0.1, 0.15) is 52.9 Å². The monoisotopic (exact) mass is 643 g/mol. The van der Waals surface area contributed by atoms with Gasteiger partial charge in [0.05, 0.1) is 42.8 Å². The number of pyridine rings is 1. The summed E-state index contributed by atoms with van der Waals surface area (Å²) in [6.45, 7) is 4.03. The van der Waals surface area contributed by atoms with Gasteiger partial charge in [-0.25, -0.2) is 4.98 Å². The fraction of sp³-hybridized carbons (Fsp3) is 0.333. The van der Waals surface area contributed by atoms with Crippen molar-refractivity contribution in [1.82, 2.24) is 25.1 Å². The van der Waals surface area contributed by atoms with Gasteiger partial charge in [0, 0.05) is 43.9 Å². The first-order valence-electron chi connectivity index (χ1n) is 14.7. The van der Waals surface area contributed by atoms with Gasteiger partial charge in [-0.05, 0) is 78.6 Å². The van der Waals surface area contributed by atoms with Crippen molar-refractivity contribution in [3.05, 3.63) is 76.6 Å². The molecule has 2 aromatic heterocycles. The van der Waals surface area contributed by atoms with Gasteiger partial charge in [-0.15, -0.1) is 10.2 Å². The molecule has 5 rings (SSSR count). The van der Waals surface area contributed by atoms with Gasteiger partial charge in [0.1, 0.15) is 18.0 Å². The van der Waals surface area contributed by atoms with Crippen LogP contribution < -0.4 is 15.5 Å². The normalized spacial score (nSPS) is 13.0. The van der Waals surface area contributed by atoms with E-state index in [1.165, 1.54) is 24.4 Å². The molecule has 2 N–H and O–H groups in total. The molecule has 2 aromatic carbocycles. The Morgan fingerprint density at radius 3 is 2.51 bits per heavy atom. The number of alkyl halides is 3. The predicted molar refractivity (Wildman–Crippen MR) is 168 cm³/mol. The zero-order valence-corrected chi connectivity index (χ0v) is 26.2. The number of hydrogen-bond donors (Lipinski definition) is 2. The van der Waals surface area contributed by atoms with E-state index in [4.69, 9.17) is 10.00 Å². The third-order valence-electron chi connectivity index (χ3n) is 7.73. The summed E-state index contributed by atoms with van der Waals surface area (Å²) in [4.78, 5) is 19.7. The van der Waals surface area contributed by atoms with Gasteiger partial charge < -0.3 is 19.9 Å². The summed E-state index contributed by atoms with van der Waals surface area (Å²) in [6.07, 6.45) is -3.01. The van der Waals surface area contributed by atoms with E-state index in [2.05, 4.69) is 31.9 Å². The number of nitrogens with zero attached hydrogens (tertiary/aromatic N) is 7. The molecule has 4 aromatic rings. The van der Waals surface area contributed by atoms with Gasteiger partial charge in [-0.2, -0.15) is 23.7 Å². The standard InChI is InChI=1S/C33H32F3N9O2/c1-32(2,18-47-4)40-16-21-11-25-26(27(12-21)33(34,35)36)17-45(31(25)46)29-14-22(13-28(42-29)39-9-5-8-37)24-10-20(15-38)6-7-23(24)30-43-41-19-44(30)3/h6-7,10-14,19,40H,5,9,16-18H2,1-4H3,(H,39,42). The molecule has 0 spiro atoms. The van der Waals surface area contributed by atoms with Gasteiger partial charge in [0.25, 0.3) is 5.91 Å². The molecule has 0 unspecified atom stereocenters. The van der Waals surface area contributed by atoms with Crippen molar-refractivity contribution in [2.45, 2.75) is 45.1 Å². The lowest BCUT2D eigenvalue weighted by molar-refractivity contribution is -0.138. The maximum Gasteiger partial charge on any atom is 0.416 e. The molecule has 0 aliphatic carbocycles. The number of anilines is 2. The third kappa shape index (κ3) is 7.09. The second-order valence-electron chi connectivity index (χ2n) is 11.8. The summed E-state index contributed by atoms with van der Waals surface area (Å²) in [5.41, 5.74) is 0.784. The van der Waals surface area contributed by atoms with Crippen molar-refractivity contribution in [2.75, 3.05) is 30.5 Å². The minimum Gasteiger partial charge on any atom is -0.383 e. The quantitative estimate of drug-likeness (QED) is 0.204. The Labute approximate surface area is 269 Å². The van der Waals surface area contributed by atoms with E-state index in [0.29, 0.717) is 46.1 Å². The number of aryl methyl sites for hydroxylation is 1. The number of nitrogens with one attached hydrogen (secondary N) is 2. The Hall–Kier alpha value is -5.31. The summed E-state index contributed by atoms with van der Waals surface area (Å²) in [5.74, 6) is 0.277. The molecular formula is C33H32F3N9O2. The lowest BCUT2D eigenvalue weighted by Crippen LogP contribution is -2.42. The van der Waals surface area contributed by atoms with Gasteiger partial charge in [-0.1, -0.05) is 0 Å². The number of rotatable bonds is 11. The highest BCUT2D eigenvalue weighted by Gasteiger charge is 2.41. The zero-order valence-electron chi connectivity index (χ0n) is 26.2. The number of fused-ring (bicyclic) bond motifs is 1. The highest BCUT2D eigenvalue weighted by Crippen LogP contribution is 2.41. The van der Waals surface area contributed by atoms with Crippen molar-refractivity contribution in [3.63, 3.8) is 0 Å². The Morgan fingerprint density at radius 2 is 1.85 bits per heavy atom. The molecule has 242 valence electrons. The van der Waals surface area contributed by atoms with E-state index in [9.17, 15) is 23.2 Å². The van der Waals surface area contributed by atoms with Crippen molar-refractivity contribution < 1.29 is 22.7 Å². The fourth-order valence-electron chi connectivity index (χ4n) is 5.48. The minimum atomic E-state index is -4.71. The van der Waals surface area contributed by atoms with Crippen LogP contribution in [0.2, 0.25) is 0 Å². The summed E-state index contributed by atoms with van der Waals surface area (Å²) in [7, 11) is 3.31. The van der Waals surface area contributed by atoms with Crippen LogP contribution in [-0.2, 0) is 31.1 Å². The van der Waals surface area contributed by atoms with Crippen LogP contribution in [0.15, 0.2) is 48.8 Å². The van der Waals surface area contributed by atoms with E-state index >= 15 is 0 Å². The highest BCUT2D eigenvalue weighted by molar-refractivity contribution is 6.10. The number of benzene rings is 2. The van der Waals surface area contributed by atoms with Crippen LogP contribution in [0.3, 0.4) is 0 Å². The molecule has 1 aliphatic rings. The number of methoxy groups -OCH3 is 1. The summed E-state index contributed by atoms with van der Waals surface area (Å²) < 4.78 is 50.2. The molecule has 14 heteroatoms. The second-order valence-corrected chi connectivity index (χ2v) is 11.8. The van der Waals surface area contributed by atoms with Gasteiger partial charge >= 0.3 is 6.18 Å².